The maximum Gasteiger partial charge on any atom is 0.295 e. The number of methoxy groups -OCH3 is 3. The lowest BCUT2D eigenvalue weighted by atomic mass is 9.94. The molecular formula is C28H36N2O7. The molecule has 0 aliphatic carbocycles. The highest BCUT2D eigenvalue weighted by Gasteiger charge is 2.46. The Morgan fingerprint density at radius 1 is 1.00 bits per heavy atom. The smallest absolute Gasteiger partial charge is 0.295 e. The largest absolute Gasteiger partial charge is 0.507 e. The van der Waals surface area contributed by atoms with Gasteiger partial charge in [-0.15, -0.1) is 0 Å². The van der Waals surface area contributed by atoms with E-state index in [2.05, 4.69) is 18.7 Å². The van der Waals surface area contributed by atoms with Gasteiger partial charge < -0.3 is 34.2 Å². The van der Waals surface area contributed by atoms with E-state index in [1.165, 1.54) is 32.3 Å². The fraction of sp³-hybridized carbons (Fsp3) is 0.429. The number of aliphatic hydroxyl groups excluding tert-OH is 1. The zero-order valence-corrected chi connectivity index (χ0v) is 22.3. The quantitative estimate of drug-likeness (QED) is 0.265. The van der Waals surface area contributed by atoms with Gasteiger partial charge in [-0.25, -0.2) is 0 Å². The Morgan fingerprint density at radius 3 is 2.16 bits per heavy atom. The maximum absolute atomic E-state index is 13.4. The number of likely N-dealkylation sites (tertiary alicyclic amines) is 1. The van der Waals surface area contributed by atoms with Crippen LogP contribution in [0.5, 0.6) is 23.0 Å². The third kappa shape index (κ3) is 5.51. The van der Waals surface area contributed by atoms with Gasteiger partial charge in [0.25, 0.3) is 11.7 Å². The first-order chi connectivity index (χ1) is 17.7. The summed E-state index contributed by atoms with van der Waals surface area (Å²) in [5.41, 5.74) is 1.25. The summed E-state index contributed by atoms with van der Waals surface area (Å²) in [6.07, 6.45) is 0.630. The van der Waals surface area contributed by atoms with Crippen LogP contribution < -0.4 is 14.2 Å². The first kappa shape index (κ1) is 27.9. The average molecular weight is 513 g/mol. The monoisotopic (exact) mass is 512 g/mol. The van der Waals surface area contributed by atoms with E-state index < -0.39 is 23.5 Å². The van der Waals surface area contributed by atoms with Crippen LogP contribution in [0.25, 0.3) is 5.76 Å². The molecule has 1 amide bonds. The summed E-state index contributed by atoms with van der Waals surface area (Å²) in [4.78, 5) is 30.4. The first-order valence-electron chi connectivity index (χ1n) is 12.3. The molecule has 2 N–H and O–H groups in total. The highest BCUT2D eigenvalue weighted by molar-refractivity contribution is 6.46. The van der Waals surface area contributed by atoms with Crippen LogP contribution in [0.4, 0.5) is 0 Å². The summed E-state index contributed by atoms with van der Waals surface area (Å²) in [7, 11) is 4.44. The molecule has 200 valence electrons. The maximum atomic E-state index is 13.4. The molecule has 37 heavy (non-hydrogen) atoms. The van der Waals surface area contributed by atoms with Gasteiger partial charge in [0.15, 0.2) is 11.5 Å². The number of Topliss-reactive ketones (excluding diaryl/α,β-unsaturated/α-hetero) is 1. The molecule has 3 rings (SSSR count). The minimum atomic E-state index is -0.926. The van der Waals surface area contributed by atoms with Gasteiger partial charge in [-0.1, -0.05) is 25.5 Å². The zero-order valence-electron chi connectivity index (χ0n) is 22.3. The first-order valence-corrected chi connectivity index (χ1v) is 12.3. The predicted octanol–water partition coefficient (Wildman–Crippen LogP) is 3.88. The lowest BCUT2D eigenvalue weighted by molar-refractivity contribution is -0.140. The third-order valence-corrected chi connectivity index (χ3v) is 6.72. The van der Waals surface area contributed by atoms with Gasteiger partial charge in [-0.2, -0.15) is 0 Å². The molecule has 9 heteroatoms. The third-order valence-electron chi connectivity index (χ3n) is 6.72. The number of nitrogens with zero attached hydrogens (tertiary/aromatic N) is 2. The van der Waals surface area contributed by atoms with Crippen molar-refractivity contribution in [3.63, 3.8) is 0 Å². The molecule has 9 nitrogen and oxygen atoms in total. The van der Waals surface area contributed by atoms with Gasteiger partial charge in [-0.3, -0.25) is 9.59 Å². The van der Waals surface area contributed by atoms with Crippen LogP contribution in [0.15, 0.2) is 35.9 Å². The van der Waals surface area contributed by atoms with Crippen molar-refractivity contribution in [3.8, 4) is 23.0 Å². The number of hydrogen-bond acceptors (Lipinski definition) is 8. The number of aromatic hydroxyl groups is 1. The molecule has 1 heterocycles. The van der Waals surface area contributed by atoms with E-state index in [4.69, 9.17) is 14.2 Å². The molecule has 0 unspecified atom stereocenters. The van der Waals surface area contributed by atoms with Crippen molar-refractivity contribution in [2.75, 3.05) is 47.5 Å². The molecule has 2 aromatic carbocycles. The van der Waals surface area contributed by atoms with Crippen molar-refractivity contribution in [2.45, 2.75) is 33.2 Å². The molecule has 0 aromatic heterocycles. The Balaban J connectivity index is 2.21. The van der Waals surface area contributed by atoms with Crippen molar-refractivity contribution >= 4 is 17.4 Å². The molecule has 1 fully saturated rings. The molecule has 1 atom stereocenters. The summed E-state index contributed by atoms with van der Waals surface area (Å²) in [5.74, 6) is -1.10. The summed E-state index contributed by atoms with van der Waals surface area (Å²) in [6, 6.07) is 7.11. The molecule has 0 bridgehead atoms. The summed E-state index contributed by atoms with van der Waals surface area (Å²) >= 11 is 0. The number of rotatable bonds is 11. The van der Waals surface area contributed by atoms with E-state index in [0.29, 0.717) is 35.8 Å². The standard InChI is InChI=1S/C28H36N2O7/c1-7-29(8-2)12-9-13-30-24(18-15-21(35-4)27(37-6)22(16-18)36-5)23(26(33)28(30)34)25(32)19-14-17(3)10-11-20(19)31/h10-11,14-16,24,31-32H,7-9,12-13H2,1-6H3/t24-/m0/s1. The lowest BCUT2D eigenvalue weighted by Crippen LogP contribution is -2.33. The van der Waals surface area contributed by atoms with Crippen LogP contribution in [-0.2, 0) is 9.59 Å². The minimum Gasteiger partial charge on any atom is -0.507 e. The van der Waals surface area contributed by atoms with Gasteiger partial charge in [0.1, 0.15) is 11.5 Å². The number of carbonyl (C=O) groups is 2. The van der Waals surface area contributed by atoms with Crippen LogP contribution in [0.1, 0.15) is 43.0 Å². The molecule has 2 aromatic rings. The summed E-state index contributed by atoms with van der Waals surface area (Å²) in [6.45, 7) is 8.73. The van der Waals surface area contributed by atoms with Crippen LogP contribution >= 0.6 is 0 Å². The average Bonchev–Trinajstić information content (AvgIpc) is 3.16. The molecular weight excluding hydrogens is 476 g/mol. The van der Waals surface area contributed by atoms with Crippen LogP contribution in [0, 0.1) is 6.92 Å². The number of amides is 1. The fourth-order valence-corrected chi connectivity index (χ4v) is 4.71. The second kappa shape index (κ2) is 12.0. The SMILES string of the molecule is CCN(CC)CCCN1C(=O)C(=O)C(=C(O)c2cc(C)ccc2O)[C@@H]1c1cc(OC)c(OC)c(OC)c1. The Kier molecular flexibility index (Phi) is 9.04. The van der Waals surface area contributed by atoms with Crippen molar-refractivity contribution in [1.82, 2.24) is 9.80 Å². The Labute approximate surface area is 217 Å². The van der Waals surface area contributed by atoms with Crippen molar-refractivity contribution < 1.29 is 34.0 Å². The van der Waals surface area contributed by atoms with Crippen LogP contribution in [0.2, 0.25) is 0 Å². The number of ketones is 1. The van der Waals surface area contributed by atoms with Crippen molar-refractivity contribution in [1.29, 1.82) is 0 Å². The molecule has 1 saturated heterocycles. The highest BCUT2D eigenvalue weighted by atomic mass is 16.5. The topological polar surface area (TPSA) is 109 Å². The van der Waals surface area contributed by atoms with Gasteiger partial charge in [-0.05, 0) is 62.8 Å². The Bertz CT molecular complexity index is 1160. The summed E-state index contributed by atoms with van der Waals surface area (Å²) in [5, 5.41) is 21.8. The number of hydrogen-bond donors (Lipinski definition) is 2. The highest BCUT2D eigenvalue weighted by Crippen LogP contribution is 2.46. The molecule has 0 spiro atoms. The number of phenolic OH excluding ortho intramolecular Hbond substituents is 1. The predicted molar refractivity (Wildman–Crippen MR) is 140 cm³/mol. The van der Waals surface area contributed by atoms with E-state index in [1.807, 2.05) is 0 Å². The molecule has 0 radical (unpaired) electrons. The molecule has 1 aliphatic rings. The Hall–Kier alpha value is -3.72. The number of phenols is 1. The second-order valence-corrected chi connectivity index (χ2v) is 8.85. The van der Waals surface area contributed by atoms with Gasteiger partial charge in [0.2, 0.25) is 5.75 Å². The second-order valence-electron chi connectivity index (χ2n) is 8.85. The molecule has 1 aliphatic heterocycles. The van der Waals surface area contributed by atoms with Crippen molar-refractivity contribution in [3.05, 3.63) is 52.6 Å². The van der Waals surface area contributed by atoms with E-state index in [-0.39, 0.29) is 16.9 Å². The van der Waals surface area contributed by atoms with Crippen LogP contribution in [-0.4, -0.2) is 79.2 Å². The molecule has 0 saturated carbocycles. The number of aliphatic hydroxyl groups is 1. The van der Waals surface area contributed by atoms with E-state index >= 15 is 0 Å². The van der Waals surface area contributed by atoms with E-state index in [9.17, 15) is 19.8 Å². The summed E-state index contributed by atoms with van der Waals surface area (Å²) < 4.78 is 16.4. The Morgan fingerprint density at radius 2 is 1.62 bits per heavy atom. The zero-order chi connectivity index (χ0) is 27.3. The van der Waals surface area contributed by atoms with E-state index in [1.54, 1.807) is 31.2 Å². The van der Waals surface area contributed by atoms with Crippen molar-refractivity contribution in [2.24, 2.45) is 0 Å². The van der Waals surface area contributed by atoms with E-state index in [0.717, 1.165) is 25.2 Å². The van der Waals surface area contributed by atoms with Gasteiger partial charge in [0, 0.05) is 6.54 Å². The number of carbonyl (C=O) groups excluding carboxylic acids is 2. The lowest BCUT2D eigenvalue weighted by Gasteiger charge is -2.27. The number of ether oxygens (including phenoxy) is 3. The fourth-order valence-electron chi connectivity index (χ4n) is 4.71. The van der Waals surface area contributed by atoms with Gasteiger partial charge in [0.05, 0.1) is 38.5 Å². The minimum absolute atomic E-state index is 0.0820. The number of benzene rings is 2. The normalized spacial score (nSPS) is 16.9. The van der Waals surface area contributed by atoms with Gasteiger partial charge >= 0.3 is 0 Å². The van der Waals surface area contributed by atoms with Crippen LogP contribution in [0.3, 0.4) is 0 Å². The number of aryl methyl sites for hydroxylation is 1.